The molecule has 0 saturated heterocycles. The molecule has 0 radical (unpaired) electrons. The van der Waals surface area contributed by atoms with Crippen LogP contribution in [-0.2, 0) is 10.2 Å². The van der Waals surface area contributed by atoms with Crippen LogP contribution in [0.5, 0.6) is 0 Å². The second-order valence-corrected chi connectivity index (χ2v) is 7.87. The predicted octanol–water partition coefficient (Wildman–Crippen LogP) is 1.25. The number of nitrogens with zero attached hydrogens (tertiary/aromatic N) is 2. The predicted molar refractivity (Wildman–Crippen MR) is 83.3 cm³/mol. The summed E-state index contributed by atoms with van der Waals surface area (Å²) in [7, 11) is -2.17. The van der Waals surface area contributed by atoms with Gasteiger partial charge in [0.1, 0.15) is 0 Å². The second-order valence-electron chi connectivity index (χ2n) is 6.14. The summed E-state index contributed by atoms with van der Waals surface area (Å²) in [5, 5.41) is 12.1. The van der Waals surface area contributed by atoms with Gasteiger partial charge in [-0.05, 0) is 45.4 Å². The van der Waals surface area contributed by atoms with E-state index in [9.17, 15) is 8.42 Å². The summed E-state index contributed by atoms with van der Waals surface area (Å²) in [4.78, 5) is 0. The van der Waals surface area contributed by atoms with E-state index in [2.05, 4.69) is 16.8 Å². The Labute approximate surface area is 127 Å². The molecule has 0 aromatic heterocycles. The van der Waals surface area contributed by atoms with Crippen LogP contribution in [0.3, 0.4) is 0 Å². The van der Waals surface area contributed by atoms with E-state index in [4.69, 9.17) is 10.9 Å². The fourth-order valence-electron chi connectivity index (χ4n) is 2.68. The summed E-state index contributed by atoms with van der Waals surface area (Å²) in [6.07, 6.45) is 3.88. The molecular weight excluding hydrogens is 292 g/mol. The van der Waals surface area contributed by atoms with Gasteiger partial charge in [0.05, 0.1) is 5.54 Å². The minimum atomic E-state index is -3.69. The SMILES string of the molecule is CCC1CCC(NS(=O)(=O)N(C)C(C)C)(C(N)=NO)CC1. The average Bonchev–Trinajstić information content (AvgIpc) is 2.45. The van der Waals surface area contributed by atoms with E-state index in [1.165, 1.54) is 11.4 Å². The summed E-state index contributed by atoms with van der Waals surface area (Å²) in [5.74, 6) is 0.509. The first kappa shape index (κ1) is 18.2. The lowest BCUT2D eigenvalue weighted by Gasteiger charge is -2.40. The van der Waals surface area contributed by atoms with Crippen LogP contribution in [-0.4, -0.2) is 42.4 Å². The zero-order valence-electron chi connectivity index (χ0n) is 13.3. The van der Waals surface area contributed by atoms with Crippen LogP contribution in [0.1, 0.15) is 52.9 Å². The number of oxime groups is 1. The van der Waals surface area contributed by atoms with Gasteiger partial charge in [-0.2, -0.15) is 17.4 Å². The van der Waals surface area contributed by atoms with E-state index in [0.717, 1.165) is 19.3 Å². The molecule has 1 fully saturated rings. The van der Waals surface area contributed by atoms with E-state index in [0.29, 0.717) is 18.8 Å². The smallest absolute Gasteiger partial charge is 0.280 e. The molecule has 0 aromatic carbocycles. The van der Waals surface area contributed by atoms with Crippen molar-refractivity contribution in [2.24, 2.45) is 16.8 Å². The number of nitrogens with one attached hydrogen (secondary N) is 1. The molecule has 0 bridgehead atoms. The normalized spacial score (nSPS) is 28.3. The first-order valence-corrected chi connectivity index (χ1v) is 8.87. The number of amidine groups is 1. The lowest BCUT2D eigenvalue weighted by atomic mass is 9.75. The molecular formula is C13H28N4O3S. The first-order chi connectivity index (χ1) is 9.68. The molecule has 1 rings (SSSR count). The Morgan fingerprint density at radius 1 is 1.48 bits per heavy atom. The number of rotatable bonds is 6. The van der Waals surface area contributed by atoms with E-state index in [-0.39, 0.29) is 11.9 Å². The molecule has 0 aliphatic heterocycles. The Bertz CT molecular complexity index is 468. The van der Waals surface area contributed by atoms with Gasteiger partial charge in [0.15, 0.2) is 5.84 Å². The number of hydrogen-bond donors (Lipinski definition) is 3. The molecule has 4 N–H and O–H groups in total. The standard InChI is InChI=1S/C13H28N4O3S/c1-5-11-6-8-13(9-7-11,12(14)15-18)16-21(19,20)17(4)10(2)3/h10-11,16,18H,5-9H2,1-4H3,(H2,14,15). The van der Waals surface area contributed by atoms with Crippen LogP contribution in [0.15, 0.2) is 5.16 Å². The maximum absolute atomic E-state index is 12.4. The summed E-state index contributed by atoms with van der Waals surface area (Å²) in [6.45, 7) is 5.71. The Morgan fingerprint density at radius 2 is 2.00 bits per heavy atom. The van der Waals surface area contributed by atoms with E-state index >= 15 is 0 Å². The molecule has 1 aliphatic rings. The van der Waals surface area contributed by atoms with Crippen molar-refractivity contribution in [1.82, 2.24) is 9.03 Å². The zero-order chi connectivity index (χ0) is 16.3. The molecule has 0 spiro atoms. The van der Waals surface area contributed by atoms with Crippen molar-refractivity contribution in [2.45, 2.75) is 64.5 Å². The van der Waals surface area contributed by atoms with Gasteiger partial charge in [0, 0.05) is 13.1 Å². The minimum absolute atomic E-state index is 0.0576. The Morgan fingerprint density at radius 3 is 2.38 bits per heavy atom. The molecule has 0 heterocycles. The highest BCUT2D eigenvalue weighted by molar-refractivity contribution is 7.87. The van der Waals surface area contributed by atoms with E-state index in [1.807, 2.05) is 0 Å². The highest BCUT2D eigenvalue weighted by Gasteiger charge is 2.43. The van der Waals surface area contributed by atoms with Crippen molar-refractivity contribution < 1.29 is 13.6 Å². The van der Waals surface area contributed by atoms with Gasteiger partial charge in [-0.3, -0.25) is 0 Å². The van der Waals surface area contributed by atoms with Gasteiger partial charge in [-0.15, -0.1) is 0 Å². The minimum Gasteiger partial charge on any atom is -0.409 e. The van der Waals surface area contributed by atoms with Crippen LogP contribution in [0.2, 0.25) is 0 Å². The quantitative estimate of drug-likeness (QED) is 0.296. The van der Waals surface area contributed by atoms with Crippen molar-refractivity contribution in [3.8, 4) is 0 Å². The van der Waals surface area contributed by atoms with E-state index in [1.54, 1.807) is 13.8 Å². The van der Waals surface area contributed by atoms with Crippen molar-refractivity contribution in [1.29, 1.82) is 0 Å². The van der Waals surface area contributed by atoms with Gasteiger partial charge in [0.2, 0.25) is 0 Å². The van der Waals surface area contributed by atoms with Crippen LogP contribution in [0.4, 0.5) is 0 Å². The maximum Gasteiger partial charge on any atom is 0.280 e. The third-order valence-electron chi connectivity index (χ3n) is 4.56. The molecule has 0 atom stereocenters. The molecule has 8 heteroatoms. The molecule has 1 aliphatic carbocycles. The fourth-order valence-corrected chi connectivity index (χ4v) is 4.18. The van der Waals surface area contributed by atoms with Gasteiger partial charge < -0.3 is 10.9 Å². The number of hydrogen-bond acceptors (Lipinski definition) is 4. The molecule has 0 aromatic rings. The lowest BCUT2D eigenvalue weighted by molar-refractivity contribution is 0.249. The third-order valence-corrected chi connectivity index (χ3v) is 6.39. The summed E-state index contributed by atoms with van der Waals surface area (Å²) >= 11 is 0. The van der Waals surface area contributed by atoms with Crippen molar-refractivity contribution in [2.75, 3.05) is 7.05 Å². The summed E-state index contributed by atoms with van der Waals surface area (Å²) in [6, 6.07) is -0.168. The monoisotopic (exact) mass is 320 g/mol. The Kier molecular flexibility index (Phi) is 6.01. The lowest BCUT2D eigenvalue weighted by Crippen LogP contribution is -2.61. The van der Waals surface area contributed by atoms with Crippen LogP contribution < -0.4 is 10.5 Å². The van der Waals surface area contributed by atoms with Crippen LogP contribution >= 0.6 is 0 Å². The van der Waals surface area contributed by atoms with Gasteiger partial charge >= 0.3 is 0 Å². The van der Waals surface area contributed by atoms with Crippen LogP contribution in [0.25, 0.3) is 0 Å². The van der Waals surface area contributed by atoms with Crippen molar-refractivity contribution in [3.63, 3.8) is 0 Å². The Balaban J connectivity index is 3.01. The zero-order valence-corrected chi connectivity index (χ0v) is 14.2. The summed E-state index contributed by atoms with van der Waals surface area (Å²) in [5.41, 5.74) is 4.82. The first-order valence-electron chi connectivity index (χ1n) is 7.43. The number of nitrogens with two attached hydrogens (primary N) is 1. The summed E-state index contributed by atoms with van der Waals surface area (Å²) < 4.78 is 28.8. The second kappa shape index (κ2) is 6.93. The van der Waals surface area contributed by atoms with Crippen LogP contribution in [0, 0.1) is 5.92 Å². The molecule has 124 valence electrons. The maximum atomic E-state index is 12.4. The third kappa shape index (κ3) is 4.08. The van der Waals surface area contributed by atoms with Gasteiger partial charge in [-0.1, -0.05) is 18.5 Å². The van der Waals surface area contributed by atoms with Crippen molar-refractivity contribution in [3.05, 3.63) is 0 Å². The molecule has 0 amide bonds. The Hall–Kier alpha value is -0.860. The molecule has 21 heavy (non-hydrogen) atoms. The van der Waals surface area contributed by atoms with Gasteiger partial charge in [0.25, 0.3) is 10.2 Å². The highest BCUT2D eigenvalue weighted by atomic mass is 32.2. The molecule has 1 saturated carbocycles. The highest BCUT2D eigenvalue weighted by Crippen LogP contribution is 2.34. The largest absolute Gasteiger partial charge is 0.409 e. The van der Waals surface area contributed by atoms with E-state index < -0.39 is 15.7 Å². The fraction of sp³-hybridized carbons (Fsp3) is 0.923. The molecule has 0 unspecified atom stereocenters. The average molecular weight is 320 g/mol. The molecule has 7 nitrogen and oxygen atoms in total. The topological polar surface area (TPSA) is 108 Å². The van der Waals surface area contributed by atoms with Crippen molar-refractivity contribution >= 4 is 16.0 Å². The van der Waals surface area contributed by atoms with Gasteiger partial charge in [-0.25, -0.2) is 0 Å².